The van der Waals surface area contributed by atoms with E-state index in [1.54, 1.807) is 0 Å². The minimum Gasteiger partial charge on any atom is -0.444 e. The molecule has 0 bridgehead atoms. The van der Waals surface area contributed by atoms with E-state index in [2.05, 4.69) is 19.9 Å². The van der Waals surface area contributed by atoms with Crippen molar-refractivity contribution in [3.63, 3.8) is 0 Å². The topological polar surface area (TPSA) is 29.5 Å². The van der Waals surface area contributed by atoms with E-state index in [0.717, 1.165) is 32.4 Å². The maximum atomic E-state index is 11.9. The number of amides is 1. The van der Waals surface area contributed by atoms with Gasteiger partial charge in [0.15, 0.2) is 0 Å². The van der Waals surface area contributed by atoms with Gasteiger partial charge in [0.1, 0.15) is 5.60 Å². The molecule has 104 valence electrons. The van der Waals surface area contributed by atoms with Crippen LogP contribution in [0.2, 0.25) is 0 Å². The van der Waals surface area contributed by atoms with Crippen LogP contribution in [0.4, 0.5) is 4.79 Å². The number of carbonyl (C=O) groups excluding carboxylic acids is 1. The molecule has 0 unspecified atom stereocenters. The summed E-state index contributed by atoms with van der Waals surface area (Å²) in [6.07, 6.45) is 5.34. The first-order valence-electron chi connectivity index (χ1n) is 6.98. The summed E-state index contributed by atoms with van der Waals surface area (Å²) in [6, 6.07) is 0. The third kappa shape index (κ3) is 4.71. The quantitative estimate of drug-likeness (QED) is 0.696. The number of likely N-dealkylation sites (tertiary alicyclic amines) is 1. The minimum atomic E-state index is -0.397. The second kappa shape index (κ2) is 6.26. The fourth-order valence-corrected chi connectivity index (χ4v) is 2.33. The molecule has 0 radical (unpaired) electrons. The molecule has 3 nitrogen and oxygen atoms in total. The van der Waals surface area contributed by atoms with Gasteiger partial charge in [-0.25, -0.2) is 4.79 Å². The van der Waals surface area contributed by atoms with Crippen molar-refractivity contribution >= 4 is 6.09 Å². The van der Waals surface area contributed by atoms with Gasteiger partial charge >= 0.3 is 6.09 Å². The third-order valence-electron chi connectivity index (χ3n) is 3.32. The highest BCUT2D eigenvalue weighted by molar-refractivity contribution is 5.68. The van der Waals surface area contributed by atoms with Gasteiger partial charge in [-0.1, -0.05) is 18.6 Å². The molecule has 1 aliphatic heterocycles. The van der Waals surface area contributed by atoms with Gasteiger partial charge in [0, 0.05) is 13.1 Å². The van der Waals surface area contributed by atoms with Crippen LogP contribution in [0.1, 0.15) is 53.9 Å². The normalized spacial score (nSPS) is 18.9. The standard InChI is InChI=1S/C15H27NO2/c1-6-7-12(2)13-8-10-16(11-9-13)14(17)18-15(3,4)5/h7,13H,6,8-11H2,1-5H3/b12-7+. The van der Waals surface area contributed by atoms with Gasteiger partial charge in [-0.3, -0.25) is 0 Å². The number of piperidine rings is 1. The van der Waals surface area contributed by atoms with Gasteiger partial charge in [-0.15, -0.1) is 0 Å². The van der Waals surface area contributed by atoms with Gasteiger partial charge in [-0.05, 0) is 52.9 Å². The Balaban J connectivity index is 2.44. The van der Waals surface area contributed by atoms with Gasteiger partial charge in [0.2, 0.25) is 0 Å². The van der Waals surface area contributed by atoms with Crippen molar-refractivity contribution in [3.05, 3.63) is 11.6 Å². The highest BCUT2D eigenvalue weighted by Crippen LogP contribution is 2.25. The first-order chi connectivity index (χ1) is 8.33. The number of allylic oxidation sites excluding steroid dienone is 2. The average molecular weight is 253 g/mol. The zero-order valence-corrected chi connectivity index (χ0v) is 12.5. The summed E-state index contributed by atoms with van der Waals surface area (Å²) >= 11 is 0. The molecule has 0 atom stereocenters. The number of hydrogen-bond donors (Lipinski definition) is 0. The summed E-state index contributed by atoms with van der Waals surface area (Å²) in [5, 5.41) is 0. The lowest BCUT2D eigenvalue weighted by Gasteiger charge is -2.33. The molecule has 0 saturated carbocycles. The Bertz CT molecular complexity index is 307. The molecular formula is C15H27NO2. The molecule has 0 aromatic rings. The van der Waals surface area contributed by atoms with Crippen LogP contribution in [-0.2, 0) is 4.74 Å². The zero-order chi connectivity index (χ0) is 13.8. The summed E-state index contributed by atoms with van der Waals surface area (Å²) in [5.74, 6) is 0.642. The first-order valence-corrected chi connectivity index (χ1v) is 6.98. The van der Waals surface area contributed by atoms with E-state index in [-0.39, 0.29) is 6.09 Å². The van der Waals surface area contributed by atoms with Crippen LogP contribution < -0.4 is 0 Å². The Labute approximate surface area is 111 Å². The van der Waals surface area contributed by atoms with Crippen molar-refractivity contribution in [1.29, 1.82) is 0 Å². The predicted octanol–water partition coefficient (Wildman–Crippen LogP) is 3.99. The maximum Gasteiger partial charge on any atom is 0.410 e. The summed E-state index contributed by atoms with van der Waals surface area (Å²) in [5.41, 5.74) is 1.08. The largest absolute Gasteiger partial charge is 0.444 e. The molecular weight excluding hydrogens is 226 g/mol. The Hall–Kier alpha value is -0.990. The number of nitrogens with zero attached hydrogens (tertiary/aromatic N) is 1. The van der Waals surface area contributed by atoms with Gasteiger partial charge in [-0.2, -0.15) is 0 Å². The zero-order valence-electron chi connectivity index (χ0n) is 12.5. The summed E-state index contributed by atoms with van der Waals surface area (Å²) in [7, 11) is 0. The Morgan fingerprint density at radius 2 is 1.89 bits per heavy atom. The van der Waals surface area contributed by atoms with Crippen molar-refractivity contribution in [1.82, 2.24) is 4.90 Å². The van der Waals surface area contributed by atoms with Gasteiger partial charge in [0.25, 0.3) is 0 Å². The summed E-state index contributed by atoms with van der Waals surface area (Å²) < 4.78 is 5.39. The molecule has 0 aromatic heterocycles. The predicted molar refractivity (Wildman–Crippen MR) is 74.6 cm³/mol. The van der Waals surface area contributed by atoms with E-state index in [0.29, 0.717) is 5.92 Å². The van der Waals surface area contributed by atoms with Crippen LogP contribution in [0.5, 0.6) is 0 Å². The van der Waals surface area contributed by atoms with Crippen LogP contribution in [0, 0.1) is 5.92 Å². The van der Waals surface area contributed by atoms with E-state index < -0.39 is 5.60 Å². The third-order valence-corrected chi connectivity index (χ3v) is 3.32. The van der Waals surface area contributed by atoms with Crippen molar-refractivity contribution in [2.45, 2.75) is 59.5 Å². The molecule has 3 heteroatoms. The smallest absolute Gasteiger partial charge is 0.410 e. The van der Waals surface area contributed by atoms with Crippen LogP contribution >= 0.6 is 0 Å². The van der Waals surface area contributed by atoms with E-state index in [4.69, 9.17) is 4.74 Å². The maximum absolute atomic E-state index is 11.9. The van der Waals surface area contributed by atoms with E-state index in [9.17, 15) is 4.79 Å². The molecule has 1 aliphatic rings. The molecule has 1 amide bonds. The minimum absolute atomic E-state index is 0.168. The second-order valence-electron chi connectivity index (χ2n) is 6.10. The molecule has 1 rings (SSSR count). The first kappa shape index (κ1) is 15.1. The van der Waals surface area contributed by atoms with Crippen molar-refractivity contribution in [3.8, 4) is 0 Å². The number of rotatable bonds is 2. The molecule has 1 saturated heterocycles. The molecule has 0 N–H and O–H groups in total. The Morgan fingerprint density at radius 3 is 2.33 bits per heavy atom. The molecule has 1 heterocycles. The van der Waals surface area contributed by atoms with Crippen molar-refractivity contribution in [2.24, 2.45) is 5.92 Å². The Morgan fingerprint density at radius 1 is 1.33 bits per heavy atom. The highest BCUT2D eigenvalue weighted by Gasteiger charge is 2.27. The van der Waals surface area contributed by atoms with Crippen molar-refractivity contribution < 1.29 is 9.53 Å². The van der Waals surface area contributed by atoms with Crippen LogP contribution in [0.15, 0.2) is 11.6 Å². The highest BCUT2D eigenvalue weighted by atomic mass is 16.6. The second-order valence-corrected chi connectivity index (χ2v) is 6.10. The molecule has 0 aromatic carbocycles. The fourth-order valence-electron chi connectivity index (χ4n) is 2.33. The lowest BCUT2D eigenvalue weighted by Crippen LogP contribution is -2.41. The van der Waals surface area contributed by atoms with E-state index >= 15 is 0 Å². The summed E-state index contributed by atoms with van der Waals surface area (Å²) in [6.45, 7) is 11.7. The van der Waals surface area contributed by atoms with Crippen LogP contribution in [0.25, 0.3) is 0 Å². The molecule has 0 spiro atoms. The average Bonchev–Trinajstić information content (AvgIpc) is 2.27. The van der Waals surface area contributed by atoms with E-state index in [1.807, 2.05) is 25.7 Å². The number of hydrogen-bond acceptors (Lipinski definition) is 2. The number of carbonyl (C=O) groups is 1. The van der Waals surface area contributed by atoms with Crippen LogP contribution in [0.3, 0.4) is 0 Å². The lowest BCUT2D eigenvalue weighted by atomic mass is 9.89. The molecule has 18 heavy (non-hydrogen) atoms. The SMILES string of the molecule is CC/C=C(\C)C1CCN(C(=O)OC(C)(C)C)CC1. The summed E-state index contributed by atoms with van der Waals surface area (Å²) in [4.78, 5) is 13.7. The van der Waals surface area contributed by atoms with E-state index in [1.165, 1.54) is 5.57 Å². The van der Waals surface area contributed by atoms with Gasteiger partial charge < -0.3 is 9.64 Å². The van der Waals surface area contributed by atoms with Gasteiger partial charge in [0.05, 0.1) is 0 Å². The monoisotopic (exact) mass is 253 g/mol. The molecule has 0 aliphatic carbocycles. The molecule has 1 fully saturated rings. The van der Waals surface area contributed by atoms with Crippen LogP contribution in [-0.4, -0.2) is 29.7 Å². The Kier molecular flexibility index (Phi) is 5.24. The fraction of sp³-hybridized carbons (Fsp3) is 0.800. The number of ether oxygens (including phenoxy) is 1. The van der Waals surface area contributed by atoms with Crippen molar-refractivity contribution in [2.75, 3.05) is 13.1 Å². The lowest BCUT2D eigenvalue weighted by molar-refractivity contribution is 0.0194.